The van der Waals surface area contributed by atoms with E-state index in [2.05, 4.69) is 10.2 Å². The Morgan fingerprint density at radius 1 is 1.46 bits per heavy atom. The molecule has 0 aromatic heterocycles. The van der Waals surface area contributed by atoms with E-state index in [9.17, 15) is 9.18 Å². The Morgan fingerprint density at radius 3 is 3.04 bits per heavy atom. The predicted molar refractivity (Wildman–Crippen MR) is 104 cm³/mol. The molecule has 2 aliphatic rings. The van der Waals surface area contributed by atoms with Gasteiger partial charge in [0.1, 0.15) is 11.9 Å². The van der Waals surface area contributed by atoms with Gasteiger partial charge in [0, 0.05) is 39.8 Å². The maximum Gasteiger partial charge on any atom is 0.236 e. The zero-order valence-corrected chi connectivity index (χ0v) is 16.7. The van der Waals surface area contributed by atoms with Crippen LogP contribution in [0, 0.1) is 17.1 Å². The SMILES string of the molecule is CN(C)C(=O)CN[C@H]1CCCC[C@@]12CN(Cc1ccc(F)c(C#N)c1)CCO2. The number of halogens is 1. The molecule has 3 rings (SSSR count). The van der Waals surface area contributed by atoms with Crippen molar-refractivity contribution in [3.05, 3.63) is 35.1 Å². The van der Waals surface area contributed by atoms with E-state index in [1.807, 2.05) is 6.07 Å². The molecule has 0 unspecified atom stereocenters. The van der Waals surface area contributed by atoms with E-state index in [0.717, 1.165) is 44.3 Å². The number of rotatable bonds is 5. The summed E-state index contributed by atoms with van der Waals surface area (Å²) in [5.41, 5.74) is 0.708. The van der Waals surface area contributed by atoms with Crippen LogP contribution in [0.25, 0.3) is 0 Å². The number of benzene rings is 1. The molecule has 1 aliphatic carbocycles. The summed E-state index contributed by atoms with van der Waals surface area (Å²) in [6.07, 6.45) is 4.19. The number of nitrogens with zero attached hydrogens (tertiary/aromatic N) is 3. The lowest BCUT2D eigenvalue weighted by molar-refractivity contribution is -0.147. The van der Waals surface area contributed by atoms with Crippen LogP contribution >= 0.6 is 0 Å². The van der Waals surface area contributed by atoms with E-state index in [0.29, 0.717) is 19.7 Å². The van der Waals surface area contributed by atoms with Crippen LogP contribution in [0.15, 0.2) is 18.2 Å². The topological polar surface area (TPSA) is 68.6 Å². The third kappa shape index (κ3) is 4.69. The first-order valence-electron chi connectivity index (χ1n) is 9.92. The van der Waals surface area contributed by atoms with Gasteiger partial charge in [-0.3, -0.25) is 9.69 Å². The summed E-state index contributed by atoms with van der Waals surface area (Å²) in [6.45, 7) is 3.16. The molecule has 6 nitrogen and oxygen atoms in total. The summed E-state index contributed by atoms with van der Waals surface area (Å²) in [7, 11) is 3.52. The first kappa shape index (κ1) is 20.7. The Labute approximate surface area is 166 Å². The van der Waals surface area contributed by atoms with Crippen LogP contribution in [0.4, 0.5) is 4.39 Å². The first-order valence-corrected chi connectivity index (χ1v) is 9.92. The van der Waals surface area contributed by atoms with Crippen molar-refractivity contribution in [3.63, 3.8) is 0 Å². The molecule has 2 atom stereocenters. The molecule has 0 radical (unpaired) electrons. The average Bonchev–Trinajstić information content (AvgIpc) is 2.68. The van der Waals surface area contributed by atoms with Crippen molar-refractivity contribution in [2.45, 2.75) is 43.9 Å². The molecule has 0 bridgehead atoms. The van der Waals surface area contributed by atoms with Crippen LogP contribution in [0.1, 0.15) is 36.8 Å². The second kappa shape index (κ2) is 8.99. The van der Waals surface area contributed by atoms with Crippen LogP contribution < -0.4 is 5.32 Å². The Balaban J connectivity index is 1.68. The molecule has 2 fully saturated rings. The molecular weight excluding hydrogens is 359 g/mol. The van der Waals surface area contributed by atoms with Crippen molar-refractivity contribution >= 4 is 5.91 Å². The molecule has 28 heavy (non-hydrogen) atoms. The van der Waals surface area contributed by atoms with Crippen LogP contribution in [0.5, 0.6) is 0 Å². The predicted octanol–water partition coefficient (Wildman–Crippen LogP) is 1.89. The molecule has 152 valence electrons. The van der Waals surface area contributed by atoms with Crippen LogP contribution in [0.2, 0.25) is 0 Å². The molecule has 1 aromatic rings. The molecule has 7 heteroatoms. The van der Waals surface area contributed by atoms with Gasteiger partial charge in [-0.1, -0.05) is 18.9 Å². The van der Waals surface area contributed by atoms with Crippen molar-refractivity contribution in [2.24, 2.45) is 0 Å². The fourth-order valence-electron chi connectivity index (χ4n) is 4.26. The second-order valence-electron chi connectivity index (χ2n) is 8.02. The molecule has 1 heterocycles. The zero-order chi connectivity index (χ0) is 20.1. The number of hydrogen-bond donors (Lipinski definition) is 1. The first-order chi connectivity index (χ1) is 13.4. The Kier molecular flexibility index (Phi) is 6.65. The number of nitriles is 1. The summed E-state index contributed by atoms with van der Waals surface area (Å²) in [6, 6.07) is 6.78. The molecule has 1 saturated heterocycles. The maximum atomic E-state index is 13.6. The van der Waals surface area contributed by atoms with E-state index in [-0.39, 0.29) is 23.1 Å². The lowest BCUT2D eigenvalue weighted by Crippen LogP contribution is -2.63. The van der Waals surface area contributed by atoms with Gasteiger partial charge in [0.05, 0.1) is 24.3 Å². The number of ether oxygens (including phenoxy) is 1. The van der Waals surface area contributed by atoms with Gasteiger partial charge in [-0.15, -0.1) is 0 Å². The number of likely N-dealkylation sites (N-methyl/N-ethyl adjacent to an activating group) is 1. The van der Waals surface area contributed by atoms with Gasteiger partial charge >= 0.3 is 0 Å². The van der Waals surface area contributed by atoms with Gasteiger partial charge in [0.15, 0.2) is 0 Å². The molecule has 1 spiro atoms. The van der Waals surface area contributed by atoms with E-state index in [1.54, 1.807) is 31.1 Å². The van der Waals surface area contributed by atoms with Crippen LogP contribution in [-0.4, -0.2) is 67.7 Å². The van der Waals surface area contributed by atoms with Crippen molar-refractivity contribution < 1.29 is 13.9 Å². The average molecular weight is 388 g/mol. The number of morpholine rings is 1. The van der Waals surface area contributed by atoms with Crippen LogP contribution in [-0.2, 0) is 16.1 Å². The second-order valence-corrected chi connectivity index (χ2v) is 8.02. The van der Waals surface area contributed by atoms with Crippen molar-refractivity contribution in [2.75, 3.05) is 40.3 Å². The minimum absolute atomic E-state index is 0.0590. The minimum Gasteiger partial charge on any atom is -0.371 e. The number of carbonyl (C=O) groups excluding carboxylic acids is 1. The van der Waals surface area contributed by atoms with Crippen LogP contribution in [0.3, 0.4) is 0 Å². The van der Waals surface area contributed by atoms with Gasteiger partial charge in [-0.25, -0.2) is 4.39 Å². The lowest BCUT2D eigenvalue weighted by Gasteiger charge is -2.50. The van der Waals surface area contributed by atoms with Gasteiger partial charge in [0.2, 0.25) is 5.91 Å². The Morgan fingerprint density at radius 2 is 2.29 bits per heavy atom. The van der Waals surface area contributed by atoms with E-state index >= 15 is 0 Å². The third-order valence-electron chi connectivity index (χ3n) is 5.82. The quantitative estimate of drug-likeness (QED) is 0.834. The van der Waals surface area contributed by atoms with Gasteiger partial charge in [-0.2, -0.15) is 5.26 Å². The number of carbonyl (C=O) groups is 1. The van der Waals surface area contributed by atoms with Gasteiger partial charge < -0.3 is 15.0 Å². The highest BCUT2D eigenvalue weighted by molar-refractivity contribution is 5.77. The van der Waals surface area contributed by atoms with Crippen molar-refractivity contribution in [3.8, 4) is 6.07 Å². The molecule has 1 aromatic carbocycles. The fourth-order valence-corrected chi connectivity index (χ4v) is 4.26. The molecule has 1 N–H and O–H groups in total. The largest absolute Gasteiger partial charge is 0.371 e. The number of amides is 1. The fraction of sp³-hybridized carbons (Fsp3) is 0.619. The number of nitrogens with one attached hydrogen (secondary N) is 1. The molecule has 1 aliphatic heterocycles. The van der Waals surface area contributed by atoms with Crippen molar-refractivity contribution in [1.29, 1.82) is 5.26 Å². The van der Waals surface area contributed by atoms with E-state index in [1.165, 1.54) is 6.07 Å². The molecular formula is C21H29FN4O2. The standard InChI is InChI=1S/C21H29FN4O2/c1-25(2)20(27)13-24-19-5-3-4-8-21(19)15-26(9-10-28-21)14-16-6-7-18(22)17(11-16)12-23/h6-7,11,19,24H,3-5,8-10,13-15H2,1-2H3/t19-,21+/m0/s1. The highest BCUT2D eigenvalue weighted by atomic mass is 19.1. The van der Waals surface area contributed by atoms with Gasteiger partial charge in [0.25, 0.3) is 0 Å². The third-order valence-corrected chi connectivity index (χ3v) is 5.82. The Hall–Kier alpha value is -2.01. The Bertz CT molecular complexity index is 744. The minimum atomic E-state index is -0.480. The number of hydrogen-bond acceptors (Lipinski definition) is 5. The smallest absolute Gasteiger partial charge is 0.236 e. The summed E-state index contributed by atoms with van der Waals surface area (Å²) in [5.74, 6) is -0.421. The normalized spacial score (nSPS) is 25.4. The molecule has 1 amide bonds. The maximum absolute atomic E-state index is 13.6. The summed E-state index contributed by atoms with van der Waals surface area (Å²) >= 11 is 0. The summed E-state index contributed by atoms with van der Waals surface area (Å²) in [4.78, 5) is 15.9. The summed E-state index contributed by atoms with van der Waals surface area (Å²) in [5, 5.41) is 12.5. The highest BCUT2D eigenvalue weighted by Gasteiger charge is 2.45. The summed E-state index contributed by atoms with van der Waals surface area (Å²) < 4.78 is 19.9. The lowest BCUT2D eigenvalue weighted by atomic mass is 9.78. The monoisotopic (exact) mass is 388 g/mol. The van der Waals surface area contributed by atoms with E-state index < -0.39 is 5.82 Å². The van der Waals surface area contributed by atoms with E-state index in [4.69, 9.17) is 10.00 Å². The van der Waals surface area contributed by atoms with Crippen molar-refractivity contribution in [1.82, 2.24) is 15.1 Å². The zero-order valence-electron chi connectivity index (χ0n) is 16.7. The van der Waals surface area contributed by atoms with Gasteiger partial charge in [-0.05, 0) is 30.5 Å². The highest BCUT2D eigenvalue weighted by Crippen LogP contribution is 2.35. The molecule has 1 saturated carbocycles.